The Morgan fingerprint density at radius 2 is 0.895 bits per heavy atom. The van der Waals surface area contributed by atoms with Crippen molar-refractivity contribution in [1.29, 1.82) is 0 Å². The van der Waals surface area contributed by atoms with Gasteiger partial charge in [-0.25, -0.2) is 0 Å². The van der Waals surface area contributed by atoms with Gasteiger partial charge in [0.2, 0.25) is 0 Å². The zero-order chi connectivity index (χ0) is 26.7. The van der Waals surface area contributed by atoms with Gasteiger partial charge in [-0.1, -0.05) is 118 Å². The van der Waals surface area contributed by atoms with Crippen molar-refractivity contribution in [2.45, 2.75) is 90.8 Å². The first kappa shape index (κ1) is 29.9. The highest BCUT2D eigenvalue weighted by Gasteiger charge is 1.99. The summed E-state index contributed by atoms with van der Waals surface area (Å²) in [4.78, 5) is 0. The third kappa shape index (κ3) is 12.2. The van der Waals surface area contributed by atoms with Crippen LogP contribution < -0.4 is 0 Å². The summed E-state index contributed by atoms with van der Waals surface area (Å²) >= 11 is 0. The summed E-state index contributed by atoms with van der Waals surface area (Å²) in [6, 6.07) is 26.5. The molecule has 3 aromatic rings. The molecule has 38 heavy (non-hydrogen) atoms. The quantitative estimate of drug-likeness (QED) is 0.140. The summed E-state index contributed by atoms with van der Waals surface area (Å²) in [6.07, 6.45) is 15.2. The Morgan fingerprint density at radius 1 is 0.500 bits per heavy atom. The van der Waals surface area contributed by atoms with Crippen LogP contribution in [0.2, 0.25) is 0 Å². The van der Waals surface area contributed by atoms with Gasteiger partial charge in [-0.05, 0) is 78.3 Å². The zero-order valence-corrected chi connectivity index (χ0v) is 23.6. The van der Waals surface area contributed by atoms with Crippen molar-refractivity contribution in [3.63, 3.8) is 0 Å². The van der Waals surface area contributed by atoms with Gasteiger partial charge in [0.25, 0.3) is 0 Å². The van der Waals surface area contributed by atoms with Gasteiger partial charge in [-0.15, -0.1) is 0 Å². The van der Waals surface area contributed by atoms with E-state index in [-0.39, 0.29) is 0 Å². The van der Waals surface area contributed by atoms with Crippen LogP contribution in [-0.4, -0.2) is 13.2 Å². The topological polar surface area (TPSA) is 18.5 Å². The molecule has 0 saturated carbocycles. The Balaban J connectivity index is 1.13. The highest BCUT2D eigenvalue weighted by molar-refractivity contribution is 5.47. The maximum Gasteiger partial charge on any atom is 0.0716 e. The lowest BCUT2D eigenvalue weighted by molar-refractivity contribution is 0.116. The second-order valence-electron chi connectivity index (χ2n) is 10.4. The molecule has 0 heterocycles. The highest BCUT2D eigenvalue weighted by atomic mass is 16.5. The number of aryl methyl sites for hydroxylation is 3. The second kappa shape index (κ2) is 18.6. The molecule has 0 bridgehead atoms. The number of benzene rings is 3. The molecule has 0 atom stereocenters. The first-order valence-electron chi connectivity index (χ1n) is 14.8. The average Bonchev–Trinajstić information content (AvgIpc) is 2.97. The van der Waals surface area contributed by atoms with Crippen molar-refractivity contribution in [3.05, 3.63) is 113 Å². The molecule has 3 aromatic carbocycles. The van der Waals surface area contributed by atoms with Crippen LogP contribution in [-0.2, 0) is 41.9 Å². The molecule has 2 nitrogen and oxygen atoms in total. The predicted octanol–water partition coefficient (Wildman–Crippen LogP) is 9.53. The van der Waals surface area contributed by atoms with Crippen LogP contribution in [0.1, 0.15) is 91.7 Å². The van der Waals surface area contributed by atoms with E-state index in [9.17, 15) is 0 Å². The van der Waals surface area contributed by atoms with Crippen molar-refractivity contribution in [1.82, 2.24) is 0 Å². The van der Waals surface area contributed by atoms with Gasteiger partial charge in [0, 0.05) is 13.2 Å². The summed E-state index contributed by atoms with van der Waals surface area (Å²) in [5.41, 5.74) is 7.98. The fourth-order valence-electron chi connectivity index (χ4n) is 4.65. The normalized spacial score (nSPS) is 11.1. The maximum absolute atomic E-state index is 5.85. The SMILES string of the molecule is C=Cc1ccc(COCCCCCCc2ccc(CCCCCCOCc3ccc(CC)cc3)cc2)cc1. The number of ether oxygens (including phenoxy) is 2. The average molecular weight is 513 g/mol. The standard InChI is InChI=1S/C36H48O2/c1-3-31-15-23-35(24-16-31)29-37-27-11-7-5-9-13-33-19-21-34(22-20-33)14-10-6-8-12-28-38-30-36-25-17-32(4-2)18-26-36/h3,15-26H,1,4-14,27-30H2,2H3. The van der Waals surface area contributed by atoms with Crippen molar-refractivity contribution >= 4 is 6.08 Å². The van der Waals surface area contributed by atoms with Gasteiger partial charge in [-0.2, -0.15) is 0 Å². The van der Waals surface area contributed by atoms with E-state index in [0.717, 1.165) is 44.6 Å². The number of rotatable bonds is 20. The third-order valence-electron chi connectivity index (χ3n) is 7.22. The first-order valence-corrected chi connectivity index (χ1v) is 14.8. The van der Waals surface area contributed by atoms with Gasteiger partial charge >= 0.3 is 0 Å². The molecule has 3 rings (SSSR count). The second-order valence-corrected chi connectivity index (χ2v) is 10.4. The van der Waals surface area contributed by atoms with Gasteiger partial charge in [-0.3, -0.25) is 0 Å². The molecule has 0 saturated heterocycles. The van der Waals surface area contributed by atoms with E-state index in [4.69, 9.17) is 9.47 Å². The molecular formula is C36H48O2. The van der Waals surface area contributed by atoms with Crippen LogP contribution in [0.5, 0.6) is 0 Å². The smallest absolute Gasteiger partial charge is 0.0716 e. The van der Waals surface area contributed by atoms with E-state index in [1.807, 2.05) is 6.08 Å². The molecular weight excluding hydrogens is 464 g/mol. The monoisotopic (exact) mass is 512 g/mol. The van der Waals surface area contributed by atoms with E-state index >= 15 is 0 Å². The molecule has 0 aliphatic rings. The van der Waals surface area contributed by atoms with Gasteiger partial charge in [0.15, 0.2) is 0 Å². The molecule has 2 heteroatoms. The highest BCUT2D eigenvalue weighted by Crippen LogP contribution is 2.14. The minimum absolute atomic E-state index is 0.701. The summed E-state index contributed by atoms with van der Waals surface area (Å²) in [6.45, 7) is 9.13. The minimum Gasteiger partial charge on any atom is -0.377 e. The molecule has 0 aliphatic heterocycles. The van der Waals surface area contributed by atoms with E-state index < -0.39 is 0 Å². The Bertz CT molecular complexity index is 1000. The Kier molecular flexibility index (Phi) is 14.6. The molecule has 0 fully saturated rings. The van der Waals surface area contributed by atoms with Gasteiger partial charge in [0.05, 0.1) is 13.2 Å². The molecule has 0 aliphatic carbocycles. The molecule has 0 N–H and O–H groups in total. The summed E-state index contributed by atoms with van der Waals surface area (Å²) in [5.74, 6) is 0. The van der Waals surface area contributed by atoms with E-state index in [1.165, 1.54) is 79.2 Å². The van der Waals surface area contributed by atoms with Crippen LogP contribution in [0.4, 0.5) is 0 Å². The summed E-state index contributed by atoms with van der Waals surface area (Å²) < 4.78 is 11.7. The molecule has 0 radical (unpaired) electrons. The van der Waals surface area contributed by atoms with Gasteiger partial charge in [0.1, 0.15) is 0 Å². The van der Waals surface area contributed by atoms with Crippen molar-refractivity contribution < 1.29 is 9.47 Å². The number of unbranched alkanes of at least 4 members (excludes halogenated alkanes) is 6. The fraction of sp³-hybridized carbons (Fsp3) is 0.444. The molecule has 0 aromatic heterocycles. The fourth-order valence-corrected chi connectivity index (χ4v) is 4.65. The Labute approximate surface area is 232 Å². The lowest BCUT2D eigenvalue weighted by Gasteiger charge is -2.07. The van der Waals surface area contributed by atoms with Crippen LogP contribution in [0.15, 0.2) is 79.4 Å². The summed E-state index contributed by atoms with van der Waals surface area (Å²) in [7, 11) is 0. The molecule has 0 amide bonds. The lowest BCUT2D eigenvalue weighted by atomic mass is 10.0. The number of hydrogen-bond donors (Lipinski definition) is 0. The van der Waals surface area contributed by atoms with Crippen molar-refractivity contribution in [2.24, 2.45) is 0 Å². The van der Waals surface area contributed by atoms with Crippen molar-refractivity contribution in [3.8, 4) is 0 Å². The van der Waals surface area contributed by atoms with Gasteiger partial charge < -0.3 is 9.47 Å². The third-order valence-corrected chi connectivity index (χ3v) is 7.22. The first-order chi connectivity index (χ1) is 18.8. The van der Waals surface area contributed by atoms with Crippen LogP contribution in [0, 0.1) is 0 Å². The number of hydrogen-bond acceptors (Lipinski definition) is 2. The van der Waals surface area contributed by atoms with Crippen LogP contribution >= 0.6 is 0 Å². The Morgan fingerprint density at radius 3 is 1.34 bits per heavy atom. The maximum atomic E-state index is 5.85. The van der Waals surface area contributed by atoms with E-state index in [1.54, 1.807) is 0 Å². The van der Waals surface area contributed by atoms with E-state index in [0.29, 0.717) is 6.61 Å². The zero-order valence-electron chi connectivity index (χ0n) is 23.6. The largest absolute Gasteiger partial charge is 0.377 e. The lowest BCUT2D eigenvalue weighted by Crippen LogP contribution is -1.96. The van der Waals surface area contributed by atoms with E-state index in [2.05, 4.69) is 86.3 Å². The van der Waals surface area contributed by atoms with Crippen LogP contribution in [0.3, 0.4) is 0 Å². The van der Waals surface area contributed by atoms with Crippen molar-refractivity contribution in [2.75, 3.05) is 13.2 Å². The Hall–Kier alpha value is -2.68. The minimum atomic E-state index is 0.701. The summed E-state index contributed by atoms with van der Waals surface area (Å²) in [5, 5.41) is 0. The predicted molar refractivity (Wildman–Crippen MR) is 162 cm³/mol. The molecule has 0 spiro atoms. The molecule has 0 unspecified atom stereocenters. The molecule has 204 valence electrons. The van der Waals surface area contributed by atoms with Crippen LogP contribution in [0.25, 0.3) is 6.08 Å².